The number of nitrogens with zero attached hydrogens (tertiary/aromatic N) is 2. The topological polar surface area (TPSA) is 44.7 Å². The lowest BCUT2D eigenvalue weighted by molar-refractivity contribution is -0.120. The maximum absolute atomic E-state index is 11.9. The molecule has 2 aromatic carbocycles. The van der Waals surface area contributed by atoms with Crippen LogP contribution in [0.3, 0.4) is 0 Å². The van der Waals surface area contributed by atoms with E-state index in [0.29, 0.717) is 6.42 Å². The van der Waals surface area contributed by atoms with Crippen LogP contribution in [0.4, 0.5) is 5.69 Å². The molecule has 0 aromatic heterocycles. The van der Waals surface area contributed by atoms with E-state index in [9.17, 15) is 4.79 Å². The molecular formula is C20H23N3O. The molecular weight excluding hydrogens is 298 g/mol. The zero-order chi connectivity index (χ0) is 16.8. The summed E-state index contributed by atoms with van der Waals surface area (Å²) in [6.45, 7) is 4.36. The number of carbonyl (C=O) groups is 1. The molecule has 4 heteroatoms. The molecule has 4 nitrogen and oxygen atoms in total. The molecule has 124 valence electrons. The molecule has 0 radical (unpaired) electrons. The average molecular weight is 321 g/mol. The van der Waals surface area contributed by atoms with Crippen molar-refractivity contribution in [2.24, 2.45) is 5.10 Å². The Morgan fingerprint density at radius 1 is 1.17 bits per heavy atom. The molecule has 24 heavy (non-hydrogen) atoms. The molecule has 1 amide bonds. The molecule has 1 aliphatic rings. The minimum absolute atomic E-state index is 0.108. The molecule has 1 saturated heterocycles. The van der Waals surface area contributed by atoms with Crippen molar-refractivity contribution in [3.63, 3.8) is 0 Å². The van der Waals surface area contributed by atoms with Crippen LogP contribution in [0.15, 0.2) is 53.6 Å². The van der Waals surface area contributed by atoms with Crippen molar-refractivity contribution in [3.05, 3.63) is 65.2 Å². The van der Waals surface area contributed by atoms with Gasteiger partial charge in [0.15, 0.2) is 0 Å². The van der Waals surface area contributed by atoms with Gasteiger partial charge in [-0.2, -0.15) is 5.10 Å². The van der Waals surface area contributed by atoms with Gasteiger partial charge in [-0.05, 0) is 48.6 Å². The summed E-state index contributed by atoms with van der Waals surface area (Å²) in [7, 11) is 0. The summed E-state index contributed by atoms with van der Waals surface area (Å²) < 4.78 is 0. The maximum Gasteiger partial charge on any atom is 0.244 e. The second-order valence-electron chi connectivity index (χ2n) is 6.19. The van der Waals surface area contributed by atoms with Crippen molar-refractivity contribution in [2.75, 3.05) is 18.0 Å². The monoisotopic (exact) mass is 321 g/mol. The van der Waals surface area contributed by atoms with E-state index in [2.05, 4.69) is 40.5 Å². The highest BCUT2D eigenvalue weighted by Gasteiger charge is 2.12. The second-order valence-corrected chi connectivity index (χ2v) is 6.19. The molecule has 2 aromatic rings. The lowest BCUT2D eigenvalue weighted by atomic mass is 10.1. The zero-order valence-electron chi connectivity index (χ0n) is 14.0. The Hall–Kier alpha value is -2.62. The Morgan fingerprint density at radius 2 is 1.92 bits per heavy atom. The smallest absolute Gasteiger partial charge is 0.244 e. The third-order valence-corrected chi connectivity index (χ3v) is 4.32. The summed E-state index contributed by atoms with van der Waals surface area (Å²) in [5.74, 6) is -0.108. The van der Waals surface area contributed by atoms with Crippen molar-refractivity contribution in [3.8, 4) is 0 Å². The first-order valence-electron chi connectivity index (χ1n) is 8.44. The molecule has 1 fully saturated rings. The van der Waals surface area contributed by atoms with Crippen LogP contribution in [0.1, 0.15) is 29.5 Å². The zero-order valence-corrected chi connectivity index (χ0v) is 14.0. The predicted octanol–water partition coefficient (Wildman–Crippen LogP) is 3.29. The van der Waals surface area contributed by atoms with Gasteiger partial charge in [-0.1, -0.05) is 36.4 Å². The highest BCUT2D eigenvalue weighted by molar-refractivity contribution is 5.85. The van der Waals surface area contributed by atoms with Gasteiger partial charge < -0.3 is 4.90 Å². The lowest BCUT2D eigenvalue weighted by Gasteiger charge is -2.18. The highest BCUT2D eigenvalue weighted by Crippen LogP contribution is 2.22. The fraction of sp³-hybridized carbons (Fsp3) is 0.300. The number of aryl methyl sites for hydroxylation is 1. The van der Waals surface area contributed by atoms with Crippen molar-refractivity contribution in [2.45, 2.75) is 26.2 Å². The van der Waals surface area contributed by atoms with Crippen LogP contribution in [0, 0.1) is 6.92 Å². The van der Waals surface area contributed by atoms with Gasteiger partial charge in [0, 0.05) is 18.8 Å². The fourth-order valence-electron chi connectivity index (χ4n) is 2.97. The van der Waals surface area contributed by atoms with Gasteiger partial charge in [0.05, 0.1) is 12.6 Å². The Balaban J connectivity index is 1.57. The van der Waals surface area contributed by atoms with Crippen LogP contribution >= 0.6 is 0 Å². The van der Waals surface area contributed by atoms with E-state index in [-0.39, 0.29) is 5.91 Å². The fourth-order valence-corrected chi connectivity index (χ4v) is 2.97. The predicted molar refractivity (Wildman–Crippen MR) is 98.5 cm³/mol. The number of nitrogens with one attached hydrogen (secondary N) is 1. The van der Waals surface area contributed by atoms with Crippen molar-refractivity contribution < 1.29 is 4.79 Å². The summed E-state index contributed by atoms with van der Waals surface area (Å²) in [6, 6.07) is 16.1. The van der Waals surface area contributed by atoms with Crippen molar-refractivity contribution in [1.82, 2.24) is 5.43 Å². The summed E-state index contributed by atoms with van der Waals surface area (Å²) in [5.41, 5.74) is 7.05. The van der Waals surface area contributed by atoms with Crippen molar-refractivity contribution >= 4 is 17.8 Å². The van der Waals surface area contributed by atoms with Crippen LogP contribution in [0.25, 0.3) is 0 Å². The quantitative estimate of drug-likeness (QED) is 0.678. The van der Waals surface area contributed by atoms with E-state index < -0.39 is 0 Å². The Labute approximate surface area is 143 Å². The molecule has 1 aliphatic heterocycles. The minimum atomic E-state index is -0.108. The van der Waals surface area contributed by atoms with Gasteiger partial charge in [0.1, 0.15) is 0 Å². The molecule has 3 rings (SSSR count). The number of hydrogen-bond donors (Lipinski definition) is 1. The van der Waals surface area contributed by atoms with Crippen LogP contribution in [0.2, 0.25) is 0 Å². The molecule has 1 heterocycles. The van der Waals surface area contributed by atoms with Gasteiger partial charge in [-0.25, -0.2) is 5.43 Å². The van der Waals surface area contributed by atoms with Gasteiger partial charge in [0.25, 0.3) is 0 Å². The van der Waals surface area contributed by atoms with E-state index in [1.807, 2.05) is 30.3 Å². The van der Waals surface area contributed by atoms with E-state index in [1.165, 1.54) is 24.1 Å². The number of hydrazone groups is 1. The standard InChI is InChI=1S/C20H23N3O/c1-16-13-19(23-11-5-6-12-23)10-9-18(16)15-21-22-20(24)14-17-7-3-2-4-8-17/h2-4,7-10,13,15H,5-6,11-12,14H2,1H3,(H,22,24). The largest absolute Gasteiger partial charge is 0.372 e. The van der Waals surface area contributed by atoms with Crippen LogP contribution in [-0.4, -0.2) is 25.2 Å². The van der Waals surface area contributed by atoms with E-state index in [4.69, 9.17) is 0 Å². The molecule has 0 bridgehead atoms. The third kappa shape index (κ3) is 4.22. The van der Waals surface area contributed by atoms with Crippen molar-refractivity contribution in [1.29, 1.82) is 0 Å². The Kier molecular flexibility index (Phi) is 5.26. The SMILES string of the molecule is Cc1cc(N2CCCC2)ccc1C=NNC(=O)Cc1ccccc1. The van der Waals surface area contributed by atoms with Crippen LogP contribution in [-0.2, 0) is 11.2 Å². The van der Waals surface area contributed by atoms with Gasteiger partial charge in [0.2, 0.25) is 5.91 Å². The number of carbonyl (C=O) groups excluding carboxylic acids is 1. The second kappa shape index (κ2) is 7.77. The number of hydrogen-bond acceptors (Lipinski definition) is 3. The minimum Gasteiger partial charge on any atom is -0.372 e. The van der Waals surface area contributed by atoms with Gasteiger partial charge in [-0.3, -0.25) is 4.79 Å². The average Bonchev–Trinajstić information content (AvgIpc) is 3.12. The molecule has 0 unspecified atom stereocenters. The first kappa shape index (κ1) is 16.2. The summed E-state index contributed by atoms with van der Waals surface area (Å²) in [4.78, 5) is 14.3. The van der Waals surface area contributed by atoms with Gasteiger partial charge in [-0.15, -0.1) is 0 Å². The maximum atomic E-state index is 11.9. The third-order valence-electron chi connectivity index (χ3n) is 4.32. The van der Waals surface area contributed by atoms with Gasteiger partial charge >= 0.3 is 0 Å². The molecule has 0 aliphatic carbocycles. The lowest BCUT2D eigenvalue weighted by Crippen LogP contribution is -2.20. The van der Waals surface area contributed by atoms with E-state index >= 15 is 0 Å². The summed E-state index contributed by atoms with van der Waals surface area (Å²) in [6.07, 6.45) is 4.60. The Morgan fingerprint density at radius 3 is 2.62 bits per heavy atom. The number of anilines is 1. The molecule has 1 N–H and O–H groups in total. The normalized spacial score (nSPS) is 14.3. The first-order valence-corrected chi connectivity index (χ1v) is 8.44. The van der Waals surface area contributed by atoms with Crippen LogP contribution < -0.4 is 10.3 Å². The number of rotatable bonds is 5. The summed E-state index contributed by atoms with van der Waals surface area (Å²) in [5, 5.41) is 4.09. The molecule has 0 saturated carbocycles. The van der Waals surface area contributed by atoms with Crippen LogP contribution in [0.5, 0.6) is 0 Å². The molecule has 0 spiro atoms. The number of benzene rings is 2. The van der Waals surface area contributed by atoms with E-state index in [0.717, 1.165) is 24.2 Å². The molecule has 0 atom stereocenters. The Bertz CT molecular complexity index is 719. The summed E-state index contributed by atoms with van der Waals surface area (Å²) >= 11 is 0. The van der Waals surface area contributed by atoms with E-state index in [1.54, 1.807) is 6.21 Å². The first-order chi connectivity index (χ1) is 11.7. The number of amides is 1. The highest BCUT2D eigenvalue weighted by atomic mass is 16.2.